The molecule has 1 aromatic heterocycles. The predicted octanol–water partition coefficient (Wildman–Crippen LogP) is 1.93. The highest BCUT2D eigenvalue weighted by Crippen LogP contribution is 2.17. The minimum Gasteiger partial charge on any atom is -0.478 e. The number of aromatic carboxylic acids is 1. The molecule has 0 bridgehead atoms. The SMILES string of the molecule is O=C(O)c1ccc2cnn(I)c2c1. The fraction of sp³-hybridized carbons (Fsp3) is 0. The number of halogens is 1. The van der Waals surface area contributed by atoms with Crippen molar-refractivity contribution in [3.8, 4) is 0 Å². The molecule has 66 valence electrons. The average molecular weight is 288 g/mol. The first-order valence-corrected chi connectivity index (χ1v) is 4.52. The molecule has 0 fully saturated rings. The minimum atomic E-state index is -0.917. The second-order valence-corrected chi connectivity index (χ2v) is 3.50. The molecule has 0 unspecified atom stereocenters. The fourth-order valence-electron chi connectivity index (χ4n) is 1.12. The number of fused-ring (bicyclic) bond motifs is 1. The van der Waals surface area contributed by atoms with Gasteiger partial charge in [0.25, 0.3) is 0 Å². The zero-order valence-corrected chi connectivity index (χ0v) is 8.59. The maximum atomic E-state index is 10.6. The van der Waals surface area contributed by atoms with Crippen molar-refractivity contribution in [3.05, 3.63) is 30.0 Å². The number of carboxylic acids is 1. The van der Waals surface area contributed by atoms with Crippen LogP contribution in [0.4, 0.5) is 0 Å². The van der Waals surface area contributed by atoms with Crippen molar-refractivity contribution in [2.45, 2.75) is 0 Å². The van der Waals surface area contributed by atoms with Gasteiger partial charge >= 0.3 is 5.97 Å². The van der Waals surface area contributed by atoms with Crippen LogP contribution in [0, 0.1) is 0 Å². The highest BCUT2D eigenvalue weighted by atomic mass is 127. The van der Waals surface area contributed by atoms with E-state index >= 15 is 0 Å². The number of hydrogen-bond acceptors (Lipinski definition) is 2. The normalized spacial score (nSPS) is 10.5. The topological polar surface area (TPSA) is 55.1 Å². The summed E-state index contributed by atoms with van der Waals surface area (Å²) in [7, 11) is 0. The van der Waals surface area contributed by atoms with Gasteiger partial charge in [0.05, 0.1) is 40.1 Å². The van der Waals surface area contributed by atoms with E-state index in [0.29, 0.717) is 0 Å². The smallest absolute Gasteiger partial charge is 0.335 e. The van der Waals surface area contributed by atoms with Gasteiger partial charge in [0.1, 0.15) is 0 Å². The number of carbonyl (C=O) groups is 1. The molecule has 5 heteroatoms. The molecule has 1 aromatic carbocycles. The van der Waals surface area contributed by atoms with Crippen LogP contribution in [-0.2, 0) is 0 Å². The van der Waals surface area contributed by atoms with Crippen molar-refractivity contribution in [3.63, 3.8) is 0 Å². The Morgan fingerprint density at radius 2 is 2.31 bits per heavy atom. The van der Waals surface area contributed by atoms with Crippen LogP contribution in [-0.4, -0.2) is 19.1 Å². The summed E-state index contributed by atoms with van der Waals surface area (Å²) < 4.78 is 1.62. The van der Waals surface area contributed by atoms with E-state index in [1.54, 1.807) is 27.3 Å². The van der Waals surface area contributed by atoms with E-state index in [-0.39, 0.29) is 5.56 Å². The standard InChI is InChI=1S/C8H5IN2O2/c9-11-7-3-5(8(12)13)1-2-6(7)4-10-11/h1-4H,(H,12,13). The number of nitrogens with zero attached hydrogens (tertiary/aromatic N) is 2. The molecule has 2 aromatic rings. The van der Waals surface area contributed by atoms with Crippen LogP contribution < -0.4 is 0 Å². The van der Waals surface area contributed by atoms with Crippen molar-refractivity contribution in [1.82, 2.24) is 7.99 Å². The molecular formula is C8H5IN2O2. The molecule has 13 heavy (non-hydrogen) atoms. The Kier molecular flexibility index (Phi) is 1.95. The number of rotatable bonds is 1. The first-order valence-electron chi connectivity index (χ1n) is 3.56. The van der Waals surface area contributed by atoms with Crippen LogP contribution in [0.15, 0.2) is 24.4 Å². The molecule has 0 saturated carbocycles. The van der Waals surface area contributed by atoms with E-state index in [4.69, 9.17) is 5.11 Å². The molecule has 1 heterocycles. The van der Waals surface area contributed by atoms with Gasteiger partial charge in [-0.3, -0.25) is 0 Å². The van der Waals surface area contributed by atoms with E-state index in [0.717, 1.165) is 10.9 Å². The van der Waals surface area contributed by atoms with Crippen LogP contribution in [0.5, 0.6) is 0 Å². The molecule has 0 aliphatic carbocycles. The van der Waals surface area contributed by atoms with Gasteiger partial charge in [0.15, 0.2) is 0 Å². The third kappa shape index (κ3) is 1.39. The minimum absolute atomic E-state index is 0.283. The van der Waals surface area contributed by atoms with Gasteiger partial charge in [0, 0.05) is 5.39 Å². The summed E-state index contributed by atoms with van der Waals surface area (Å²) in [5.74, 6) is -0.917. The molecule has 0 aliphatic heterocycles. The van der Waals surface area contributed by atoms with Gasteiger partial charge in [-0.05, 0) is 12.1 Å². The van der Waals surface area contributed by atoms with E-state index in [1.807, 2.05) is 22.9 Å². The third-order valence-corrected chi connectivity index (χ3v) is 2.54. The summed E-state index contributed by atoms with van der Waals surface area (Å²) >= 11 is 2.01. The zero-order valence-electron chi connectivity index (χ0n) is 6.44. The highest BCUT2D eigenvalue weighted by molar-refractivity contribution is 14.1. The number of benzene rings is 1. The number of hydrogen-bond donors (Lipinski definition) is 1. The predicted molar refractivity (Wildman–Crippen MR) is 56.1 cm³/mol. The highest BCUT2D eigenvalue weighted by Gasteiger charge is 2.06. The quantitative estimate of drug-likeness (QED) is 0.816. The molecular weight excluding hydrogens is 283 g/mol. The first-order chi connectivity index (χ1) is 6.18. The van der Waals surface area contributed by atoms with Crippen molar-refractivity contribution >= 4 is 39.7 Å². The Bertz CT molecular complexity index is 478. The van der Waals surface area contributed by atoms with Crippen LogP contribution in [0.25, 0.3) is 10.9 Å². The second-order valence-electron chi connectivity index (χ2n) is 2.58. The molecule has 1 N–H and O–H groups in total. The lowest BCUT2D eigenvalue weighted by Gasteiger charge is -1.94. The molecule has 0 aliphatic rings. The van der Waals surface area contributed by atoms with Gasteiger partial charge in [-0.2, -0.15) is 5.10 Å². The van der Waals surface area contributed by atoms with Crippen molar-refractivity contribution in [1.29, 1.82) is 0 Å². The zero-order chi connectivity index (χ0) is 9.42. The van der Waals surface area contributed by atoms with Crippen LogP contribution in [0.1, 0.15) is 10.4 Å². The number of carboxylic acid groups (broad SMARTS) is 1. The van der Waals surface area contributed by atoms with Crippen LogP contribution in [0.3, 0.4) is 0 Å². The van der Waals surface area contributed by atoms with Gasteiger partial charge in [0.2, 0.25) is 0 Å². The first kappa shape index (κ1) is 8.49. The summed E-state index contributed by atoms with van der Waals surface area (Å²) in [5.41, 5.74) is 1.10. The maximum Gasteiger partial charge on any atom is 0.335 e. The van der Waals surface area contributed by atoms with E-state index in [2.05, 4.69) is 5.10 Å². The van der Waals surface area contributed by atoms with Crippen molar-refractivity contribution < 1.29 is 9.90 Å². The van der Waals surface area contributed by atoms with Crippen molar-refractivity contribution in [2.75, 3.05) is 0 Å². The van der Waals surface area contributed by atoms with Gasteiger partial charge in [-0.15, -0.1) is 0 Å². The Hall–Kier alpha value is -1.11. The Balaban J connectivity index is 2.72. The van der Waals surface area contributed by atoms with Gasteiger partial charge < -0.3 is 5.11 Å². The maximum absolute atomic E-state index is 10.6. The summed E-state index contributed by atoms with van der Waals surface area (Å²) in [5, 5.41) is 13.7. The Morgan fingerprint density at radius 1 is 1.54 bits per heavy atom. The molecule has 4 nitrogen and oxygen atoms in total. The lowest BCUT2D eigenvalue weighted by atomic mass is 10.2. The van der Waals surface area contributed by atoms with Crippen LogP contribution in [0.2, 0.25) is 0 Å². The van der Waals surface area contributed by atoms with Crippen molar-refractivity contribution in [2.24, 2.45) is 0 Å². The van der Waals surface area contributed by atoms with Gasteiger partial charge in [-0.25, -0.2) is 7.69 Å². The molecule has 0 amide bonds. The van der Waals surface area contributed by atoms with Gasteiger partial charge in [-0.1, -0.05) is 6.07 Å². The molecule has 0 spiro atoms. The summed E-state index contributed by atoms with van der Waals surface area (Å²) in [4.78, 5) is 10.6. The monoisotopic (exact) mass is 288 g/mol. The third-order valence-electron chi connectivity index (χ3n) is 1.77. The van der Waals surface area contributed by atoms with E-state index in [1.165, 1.54) is 0 Å². The van der Waals surface area contributed by atoms with E-state index in [9.17, 15) is 4.79 Å². The summed E-state index contributed by atoms with van der Waals surface area (Å²) in [6.07, 6.45) is 1.70. The molecule has 0 atom stereocenters. The molecule has 0 radical (unpaired) electrons. The lowest BCUT2D eigenvalue weighted by Crippen LogP contribution is -1.95. The summed E-state index contributed by atoms with van der Waals surface area (Å²) in [6.45, 7) is 0. The summed E-state index contributed by atoms with van der Waals surface area (Å²) in [6, 6.07) is 4.93. The average Bonchev–Trinajstić information content (AvgIpc) is 2.47. The Morgan fingerprint density at radius 3 is 3.00 bits per heavy atom. The fourth-order valence-corrected chi connectivity index (χ4v) is 1.66. The Labute approximate surface area is 87.7 Å². The number of aromatic nitrogens is 2. The molecule has 0 saturated heterocycles. The van der Waals surface area contributed by atoms with Crippen LogP contribution >= 0.6 is 22.9 Å². The molecule has 2 rings (SSSR count). The second kappa shape index (κ2) is 2.99. The van der Waals surface area contributed by atoms with E-state index < -0.39 is 5.97 Å². The largest absolute Gasteiger partial charge is 0.478 e. The lowest BCUT2D eigenvalue weighted by molar-refractivity contribution is 0.0697.